The van der Waals surface area contributed by atoms with Crippen LogP contribution in [0, 0.1) is 5.95 Å². The van der Waals surface area contributed by atoms with Gasteiger partial charge in [0.25, 0.3) is 11.8 Å². The maximum atomic E-state index is 14.9. The minimum Gasteiger partial charge on any atom is -0.473 e. The quantitative estimate of drug-likeness (QED) is 0.101. The summed E-state index contributed by atoms with van der Waals surface area (Å²) in [5.74, 6) is -0.564. The molecule has 2 N–H and O–H groups in total. The van der Waals surface area contributed by atoms with Crippen molar-refractivity contribution in [2.24, 2.45) is 7.05 Å². The Labute approximate surface area is 379 Å². The van der Waals surface area contributed by atoms with Gasteiger partial charge in [-0.1, -0.05) is 42.5 Å². The van der Waals surface area contributed by atoms with Crippen LogP contribution in [0.15, 0.2) is 104 Å². The molecule has 6 aromatic heterocycles. The van der Waals surface area contributed by atoms with E-state index in [4.69, 9.17) is 23.9 Å². The molecule has 8 heterocycles. The summed E-state index contributed by atoms with van der Waals surface area (Å²) in [5.41, 5.74) is 4.23. The molecule has 1 atom stereocenters. The molecular formula is C49H47FN10O6. The third-order valence-electron chi connectivity index (χ3n) is 11.9. The Morgan fingerprint density at radius 2 is 1.41 bits per heavy atom. The molecule has 0 spiro atoms. The first kappa shape index (κ1) is 42.4. The number of hydrogen-bond acceptors (Lipinski definition) is 12. The molecule has 66 heavy (non-hydrogen) atoms. The van der Waals surface area contributed by atoms with E-state index in [1.54, 1.807) is 52.1 Å². The molecule has 3 aliphatic rings. The van der Waals surface area contributed by atoms with Crippen molar-refractivity contribution >= 4 is 23.5 Å². The van der Waals surface area contributed by atoms with Gasteiger partial charge in [-0.05, 0) is 62.7 Å². The molecule has 1 aliphatic carbocycles. The van der Waals surface area contributed by atoms with Gasteiger partial charge >= 0.3 is 0 Å². The van der Waals surface area contributed by atoms with E-state index in [9.17, 15) is 14.0 Å². The number of amides is 2. The average Bonchev–Trinajstić information content (AvgIpc) is 4.08. The number of fused-ring (bicyclic) bond motifs is 2. The van der Waals surface area contributed by atoms with E-state index in [0.717, 1.165) is 22.3 Å². The lowest BCUT2D eigenvalue weighted by molar-refractivity contribution is -0.0697. The average molecular weight is 891 g/mol. The van der Waals surface area contributed by atoms with Crippen molar-refractivity contribution in [3.8, 4) is 40.2 Å². The van der Waals surface area contributed by atoms with Crippen LogP contribution in [0.4, 0.5) is 16.0 Å². The minimum atomic E-state index is -0.913. The summed E-state index contributed by atoms with van der Waals surface area (Å²) in [6.07, 6.45) is 9.84. The number of halogens is 1. The molecule has 0 saturated heterocycles. The highest BCUT2D eigenvalue weighted by Gasteiger charge is 2.39. The first-order valence-corrected chi connectivity index (χ1v) is 21.8. The summed E-state index contributed by atoms with van der Waals surface area (Å²) >= 11 is 0. The highest BCUT2D eigenvalue weighted by atomic mass is 19.1. The smallest absolute Gasteiger partial charge is 0.262 e. The lowest BCUT2D eigenvalue weighted by Crippen LogP contribution is -2.40. The van der Waals surface area contributed by atoms with Gasteiger partial charge in [0.05, 0.1) is 42.1 Å². The molecule has 1 aromatic carbocycles. The van der Waals surface area contributed by atoms with Gasteiger partial charge in [0.15, 0.2) is 0 Å². The molecule has 2 amide bonds. The SMILES string of the molecule is Cn1cc(-c2cccc(NC(=O)c3cc4c(nc3O[C@H]3C[C@@H](OCc5ccccc5)C3)OC(C)(CCn3cc(-c5cccc(NC(=O)c6cc7c(nc6F)OC(C)(C)C7)n5)cn3)C4)n2)cn1. The van der Waals surface area contributed by atoms with Gasteiger partial charge in [-0.15, -0.1) is 0 Å². The number of carbonyl (C=O) groups is 2. The van der Waals surface area contributed by atoms with E-state index in [1.807, 2.05) is 82.7 Å². The van der Waals surface area contributed by atoms with E-state index in [0.29, 0.717) is 73.9 Å². The van der Waals surface area contributed by atoms with Crippen LogP contribution >= 0.6 is 0 Å². The number of nitrogens with one attached hydrogen (secondary N) is 2. The number of carbonyl (C=O) groups excluding carboxylic acids is 2. The normalized spacial score (nSPS) is 18.9. The molecule has 1 unspecified atom stereocenters. The van der Waals surface area contributed by atoms with Crippen molar-refractivity contribution in [1.29, 1.82) is 0 Å². The molecule has 0 radical (unpaired) electrons. The van der Waals surface area contributed by atoms with Crippen LogP contribution in [0.2, 0.25) is 0 Å². The number of rotatable bonds is 14. The van der Waals surface area contributed by atoms with Crippen LogP contribution in [-0.2, 0) is 37.8 Å². The summed E-state index contributed by atoms with van der Waals surface area (Å²) in [4.78, 5) is 45.3. The number of aromatic nitrogens is 8. The molecule has 1 fully saturated rings. The Morgan fingerprint density at radius 1 is 0.758 bits per heavy atom. The predicted octanol–water partition coefficient (Wildman–Crippen LogP) is 7.80. The summed E-state index contributed by atoms with van der Waals surface area (Å²) in [7, 11) is 1.83. The zero-order chi connectivity index (χ0) is 45.6. The van der Waals surface area contributed by atoms with Crippen molar-refractivity contribution in [1.82, 2.24) is 39.5 Å². The van der Waals surface area contributed by atoms with Crippen LogP contribution in [0.5, 0.6) is 17.6 Å². The molecule has 336 valence electrons. The number of anilines is 2. The van der Waals surface area contributed by atoms with Crippen molar-refractivity contribution in [2.75, 3.05) is 10.6 Å². The Morgan fingerprint density at radius 3 is 2.12 bits per heavy atom. The molecule has 17 heteroatoms. The van der Waals surface area contributed by atoms with Crippen molar-refractivity contribution in [2.45, 2.75) is 89.4 Å². The fourth-order valence-corrected chi connectivity index (χ4v) is 8.36. The Balaban J connectivity index is 0.809. The van der Waals surface area contributed by atoms with Gasteiger partial charge in [-0.3, -0.25) is 19.0 Å². The van der Waals surface area contributed by atoms with E-state index < -0.39 is 29.0 Å². The number of nitrogens with zero attached hydrogens (tertiary/aromatic N) is 8. The molecule has 7 aromatic rings. The zero-order valence-corrected chi connectivity index (χ0v) is 36.8. The fraction of sp³-hybridized carbons (Fsp3) is 0.306. The number of hydrogen-bond donors (Lipinski definition) is 2. The van der Waals surface area contributed by atoms with Gasteiger partial charge < -0.3 is 29.6 Å². The minimum absolute atomic E-state index is 0.0255. The van der Waals surface area contributed by atoms with Gasteiger partial charge in [0.2, 0.25) is 23.6 Å². The molecule has 0 bridgehead atoms. The Bertz CT molecular complexity index is 2970. The molecule has 1 saturated carbocycles. The number of pyridine rings is 4. The standard InChI is InChI=1S/C49H47FN10O6/c1-48(2)22-30-18-36(42(50)57-45(30)65-48)43(61)55-40-14-9-13-39(54-40)33-25-52-60(27-33)17-16-49(3)23-31-19-37(44(62)56-41-15-8-12-38(53-41)32-24-51-59(4)26-32)47(58-46(31)66-49)64-35-20-34(21-35)63-28-29-10-6-5-7-11-29/h5-15,18-19,24-27,34-35H,16-17,20-23,28H2,1-4H3,(H,53,56,62)(H,54,55,61)/t34-,35+,49?. The van der Waals surface area contributed by atoms with E-state index >= 15 is 0 Å². The summed E-state index contributed by atoms with van der Waals surface area (Å²) in [6.45, 7) is 6.78. The number of ether oxygens (including phenoxy) is 4. The molecular weight excluding hydrogens is 844 g/mol. The van der Waals surface area contributed by atoms with Crippen LogP contribution < -0.4 is 24.8 Å². The van der Waals surface area contributed by atoms with Crippen molar-refractivity contribution in [3.05, 3.63) is 137 Å². The summed E-state index contributed by atoms with van der Waals surface area (Å²) in [5, 5.41) is 14.5. The zero-order valence-electron chi connectivity index (χ0n) is 36.8. The van der Waals surface area contributed by atoms with Crippen LogP contribution in [0.1, 0.15) is 77.4 Å². The van der Waals surface area contributed by atoms with Crippen LogP contribution in [-0.4, -0.2) is 74.7 Å². The number of aryl methyl sites for hydroxylation is 2. The van der Waals surface area contributed by atoms with Gasteiger partial charge in [-0.25, -0.2) is 9.97 Å². The second-order valence-electron chi connectivity index (χ2n) is 17.9. The summed E-state index contributed by atoms with van der Waals surface area (Å²) in [6, 6.07) is 23.9. The van der Waals surface area contributed by atoms with Crippen molar-refractivity contribution in [3.63, 3.8) is 0 Å². The van der Waals surface area contributed by atoms with Gasteiger partial charge in [0, 0.05) is 80.3 Å². The third-order valence-corrected chi connectivity index (χ3v) is 11.9. The first-order valence-electron chi connectivity index (χ1n) is 21.8. The van der Waals surface area contributed by atoms with E-state index in [1.165, 1.54) is 6.07 Å². The largest absolute Gasteiger partial charge is 0.473 e. The van der Waals surface area contributed by atoms with E-state index in [2.05, 4.69) is 35.8 Å². The molecule has 10 rings (SSSR count). The lowest BCUT2D eigenvalue weighted by Gasteiger charge is -2.35. The monoisotopic (exact) mass is 890 g/mol. The number of benzene rings is 1. The highest BCUT2D eigenvalue weighted by molar-refractivity contribution is 6.06. The van der Waals surface area contributed by atoms with Gasteiger partial charge in [0.1, 0.15) is 34.5 Å². The molecule has 16 nitrogen and oxygen atoms in total. The molecule has 2 aliphatic heterocycles. The van der Waals surface area contributed by atoms with Crippen LogP contribution in [0.3, 0.4) is 0 Å². The fourth-order valence-electron chi connectivity index (χ4n) is 8.36. The second-order valence-corrected chi connectivity index (χ2v) is 17.9. The van der Waals surface area contributed by atoms with Crippen molar-refractivity contribution < 1.29 is 32.9 Å². The maximum absolute atomic E-state index is 14.9. The highest BCUT2D eigenvalue weighted by Crippen LogP contribution is 2.40. The maximum Gasteiger partial charge on any atom is 0.262 e. The Kier molecular flexibility index (Phi) is 11.0. The van der Waals surface area contributed by atoms with Gasteiger partial charge in [-0.2, -0.15) is 24.6 Å². The Hall–Kier alpha value is -7.53. The predicted molar refractivity (Wildman–Crippen MR) is 241 cm³/mol. The first-order chi connectivity index (χ1) is 31.8. The topological polar surface area (TPSA) is 182 Å². The van der Waals surface area contributed by atoms with Crippen LogP contribution in [0.25, 0.3) is 22.5 Å². The van der Waals surface area contributed by atoms with E-state index in [-0.39, 0.29) is 40.9 Å². The second kappa shape index (κ2) is 17.1. The summed E-state index contributed by atoms with van der Waals surface area (Å²) < 4.78 is 43.2. The lowest BCUT2D eigenvalue weighted by atomic mass is 9.91. The third kappa shape index (κ3) is 9.19.